The van der Waals surface area contributed by atoms with Crippen LogP contribution in [0.4, 0.5) is 0 Å². The van der Waals surface area contributed by atoms with E-state index in [9.17, 15) is 4.79 Å². The first-order chi connectivity index (χ1) is 6.66. The van der Waals surface area contributed by atoms with Crippen LogP contribution in [0, 0.1) is 0 Å². The van der Waals surface area contributed by atoms with Crippen LogP contribution in [0.1, 0.15) is 10.6 Å². The predicted octanol–water partition coefficient (Wildman–Crippen LogP) is 0.681. The van der Waals surface area contributed by atoms with Crippen LogP contribution >= 0.6 is 11.6 Å². The van der Waals surface area contributed by atoms with Crippen LogP contribution in [0.15, 0.2) is 16.5 Å². The highest BCUT2D eigenvalue weighted by Gasteiger charge is 2.28. The number of hydrogen-bond donors (Lipinski definition) is 1. The highest BCUT2D eigenvalue weighted by atomic mass is 35.5. The van der Waals surface area contributed by atoms with Gasteiger partial charge in [0.05, 0.1) is 6.54 Å². The summed E-state index contributed by atoms with van der Waals surface area (Å²) in [6.07, 6.45) is -0.635. The van der Waals surface area contributed by atoms with Crippen LogP contribution < -0.4 is 0 Å². The minimum Gasteiger partial charge on any atom is -0.439 e. The molecule has 1 atom stereocenters. The molecule has 1 unspecified atom stereocenters. The summed E-state index contributed by atoms with van der Waals surface area (Å²) in [5, 5.41) is 10.3. The van der Waals surface area contributed by atoms with Crippen molar-refractivity contribution in [3.05, 3.63) is 23.1 Å². The van der Waals surface area contributed by atoms with Crippen LogP contribution in [0.3, 0.4) is 0 Å². The van der Waals surface area contributed by atoms with E-state index in [1.165, 1.54) is 12.1 Å². The molecule has 1 aromatic heterocycles. The first-order valence-corrected chi connectivity index (χ1v) is 4.43. The Hall–Kier alpha value is -1.04. The molecule has 1 aliphatic rings. The quantitative estimate of drug-likeness (QED) is 0.752. The van der Waals surface area contributed by atoms with Crippen molar-refractivity contribution in [2.24, 2.45) is 0 Å². The number of halogens is 1. The summed E-state index contributed by atoms with van der Waals surface area (Å²) in [5.41, 5.74) is 0. The van der Waals surface area contributed by atoms with Crippen LogP contribution in [0.2, 0.25) is 5.22 Å². The molecule has 1 amide bonds. The highest BCUT2D eigenvalue weighted by Crippen LogP contribution is 2.17. The van der Waals surface area contributed by atoms with Gasteiger partial charge in [0, 0.05) is 0 Å². The van der Waals surface area contributed by atoms with Gasteiger partial charge in [0.2, 0.25) is 0 Å². The van der Waals surface area contributed by atoms with Crippen LogP contribution in [0.5, 0.6) is 0 Å². The maximum absolute atomic E-state index is 11.5. The number of hydrogen-bond acceptors (Lipinski definition) is 4. The summed E-state index contributed by atoms with van der Waals surface area (Å²) < 4.78 is 4.91. The van der Waals surface area contributed by atoms with Gasteiger partial charge in [-0.1, -0.05) is 0 Å². The van der Waals surface area contributed by atoms with E-state index < -0.39 is 12.0 Å². The molecule has 1 saturated heterocycles. The zero-order valence-electron chi connectivity index (χ0n) is 7.14. The van der Waals surface area contributed by atoms with Crippen molar-refractivity contribution < 1.29 is 19.2 Å². The number of aliphatic hydroxyl groups is 1. The average molecular weight is 218 g/mol. The fourth-order valence-electron chi connectivity index (χ4n) is 1.17. The van der Waals surface area contributed by atoms with E-state index in [1.807, 2.05) is 0 Å². The summed E-state index contributed by atoms with van der Waals surface area (Å²) in [6, 6.07) is 2.93. The van der Waals surface area contributed by atoms with Crippen molar-refractivity contribution in [1.29, 1.82) is 0 Å². The van der Waals surface area contributed by atoms with E-state index in [0.717, 1.165) is 5.06 Å². The summed E-state index contributed by atoms with van der Waals surface area (Å²) in [6.45, 7) is 0.275. The standard InChI is InChI=1S/C8H8ClNO4/c9-7-2-1-6(14-7)8(12)10-3-5(11)4-13-10/h1-2,5,11H,3-4H2. The SMILES string of the molecule is O=C(c1ccc(Cl)o1)N1CC(O)CO1. The van der Waals surface area contributed by atoms with E-state index in [1.54, 1.807) is 0 Å². The molecule has 0 saturated carbocycles. The maximum atomic E-state index is 11.5. The second-order valence-electron chi connectivity index (χ2n) is 2.92. The largest absolute Gasteiger partial charge is 0.439 e. The van der Waals surface area contributed by atoms with Crippen molar-refractivity contribution in [2.45, 2.75) is 6.10 Å². The highest BCUT2D eigenvalue weighted by molar-refractivity contribution is 6.29. The van der Waals surface area contributed by atoms with Gasteiger partial charge >= 0.3 is 5.91 Å². The molecule has 5 nitrogen and oxygen atoms in total. The molecule has 2 rings (SSSR count). The van der Waals surface area contributed by atoms with Crippen LogP contribution in [-0.4, -0.2) is 35.3 Å². The number of aliphatic hydroxyl groups excluding tert-OH is 1. The first-order valence-electron chi connectivity index (χ1n) is 4.05. The Kier molecular flexibility index (Phi) is 2.45. The second kappa shape index (κ2) is 3.61. The molecule has 0 bridgehead atoms. The third kappa shape index (κ3) is 1.75. The lowest BCUT2D eigenvalue weighted by Gasteiger charge is -2.10. The van der Waals surface area contributed by atoms with Gasteiger partial charge in [-0.2, -0.15) is 0 Å². The van der Waals surface area contributed by atoms with E-state index in [-0.39, 0.29) is 24.1 Å². The molecule has 1 fully saturated rings. The lowest BCUT2D eigenvalue weighted by Crippen LogP contribution is -2.28. The smallest absolute Gasteiger partial charge is 0.313 e. The molecule has 0 aromatic carbocycles. The molecule has 0 radical (unpaired) electrons. The average Bonchev–Trinajstić information content (AvgIpc) is 2.73. The third-order valence-corrected chi connectivity index (χ3v) is 2.01. The normalized spacial score (nSPS) is 21.6. The molecular weight excluding hydrogens is 210 g/mol. The fourth-order valence-corrected chi connectivity index (χ4v) is 1.31. The molecular formula is C8H8ClNO4. The minimum atomic E-state index is -0.635. The van der Waals surface area contributed by atoms with Gasteiger partial charge in [0.15, 0.2) is 11.0 Å². The topological polar surface area (TPSA) is 62.9 Å². The Morgan fingerprint density at radius 2 is 2.43 bits per heavy atom. The molecule has 2 heterocycles. The zero-order valence-corrected chi connectivity index (χ0v) is 7.90. The third-order valence-electron chi connectivity index (χ3n) is 1.81. The van der Waals surface area contributed by atoms with Crippen molar-refractivity contribution in [2.75, 3.05) is 13.2 Å². The molecule has 14 heavy (non-hydrogen) atoms. The van der Waals surface area contributed by atoms with Gasteiger partial charge in [-0.25, -0.2) is 5.06 Å². The van der Waals surface area contributed by atoms with Gasteiger partial charge in [-0.05, 0) is 23.7 Å². The Morgan fingerprint density at radius 1 is 1.64 bits per heavy atom. The fraction of sp³-hybridized carbons (Fsp3) is 0.375. The van der Waals surface area contributed by atoms with Crippen molar-refractivity contribution >= 4 is 17.5 Å². The molecule has 1 aromatic rings. The molecule has 0 aliphatic carbocycles. The minimum absolute atomic E-state index is 0.101. The Morgan fingerprint density at radius 3 is 2.93 bits per heavy atom. The number of nitrogens with zero attached hydrogens (tertiary/aromatic N) is 1. The Labute approximate surface area is 84.8 Å². The zero-order chi connectivity index (χ0) is 10.1. The number of hydroxylamine groups is 2. The molecule has 1 N–H and O–H groups in total. The van der Waals surface area contributed by atoms with E-state index in [0.29, 0.717) is 0 Å². The van der Waals surface area contributed by atoms with Gasteiger partial charge in [-0.15, -0.1) is 0 Å². The number of carbonyl (C=O) groups excluding carboxylic acids is 1. The van der Waals surface area contributed by atoms with E-state index in [2.05, 4.69) is 0 Å². The van der Waals surface area contributed by atoms with Gasteiger partial charge in [-0.3, -0.25) is 9.63 Å². The lowest BCUT2D eigenvalue weighted by atomic mass is 10.3. The number of furan rings is 1. The van der Waals surface area contributed by atoms with E-state index in [4.69, 9.17) is 26.0 Å². The second-order valence-corrected chi connectivity index (χ2v) is 3.29. The first kappa shape index (κ1) is 9.51. The number of rotatable bonds is 1. The van der Waals surface area contributed by atoms with Crippen molar-refractivity contribution in [3.8, 4) is 0 Å². The van der Waals surface area contributed by atoms with Crippen LogP contribution in [0.25, 0.3) is 0 Å². The predicted molar refractivity (Wildman–Crippen MR) is 46.7 cm³/mol. The molecule has 6 heteroatoms. The van der Waals surface area contributed by atoms with Gasteiger partial charge < -0.3 is 9.52 Å². The van der Waals surface area contributed by atoms with Gasteiger partial charge in [0.25, 0.3) is 0 Å². The summed E-state index contributed by atoms with van der Waals surface area (Å²) in [7, 11) is 0. The van der Waals surface area contributed by atoms with Crippen molar-refractivity contribution in [1.82, 2.24) is 5.06 Å². The van der Waals surface area contributed by atoms with E-state index >= 15 is 0 Å². The van der Waals surface area contributed by atoms with Gasteiger partial charge in [0.1, 0.15) is 12.7 Å². The lowest BCUT2D eigenvalue weighted by molar-refractivity contribution is -0.0795. The molecule has 76 valence electrons. The Balaban J connectivity index is 2.09. The number of β-amino-alcohol motifs (C(OH)–C–C–N with tert-alkyl or cyclic N) is 1. The summed E-state index contributed by atoms with van der Waals surface area (Å²) >= 11 is 5.51. The van der Waals surface area contributed by atoms with Crippen LogP contribution in [-0.2, 0) is 4.84 Å². The summed E-state index contributed by atoms with van der Waals surface area (Å²) in [4.78, 5) is 16.5. The maximum Gasteiger partial charge on any atom is 0.313 e. The summed E-state index contributed by atoms with van der Waals surface area (Å²) in [5.74, 6) is -0.336. The number of amides is 1. The van der Waals surface area contributed by atoms with Crippen molar-refractivity contribution in [3.63, 3.8) is 0 Å². The number of carbonyl (C=O) groups is 1. The monoisotopic (exact) mass is 217 g/mol. The molecule has 1 aliphatic heterocycles. The molecule has 0 spiro atoms. The Bertz CT molecular complexity index is 351.